The largest absolute Gasteiger partial charge is 0.379 e. The second-order valence-electron chi connectivity index (χ2n) is 3.83. The van der Waals surface area contributed by atoms with Gasteiger partial charge in [-0.25, -0.2) is 0 Å². The van der Waals surface area contributed by atoms with Crippen LogP contribution >= 0.6 is 11.6 Å². The number of benzene rings is 1. The van der Waals surface area contributed by atoms with Crippen molar-refractivity contribution >= 4 is 21.7 Å². The highest BCUT2D eigenvalue weighted by Crippen LogP contribution is 2.24. The Balaban J connectivity index is 2.31. The molecule has 0 saturated heterocycles. The molecule has 0 spiro atoms. The molecule has 0 atom stereocenters. The third kappa shape index (κ3) is 3.24. The predicted octanol–water partition coefficient (Wildman–Crippen LogP) is 3.07. The highest BCUT2D eigenvalue weighted by Gasteiger charge is 2.17. The Kier molecular flexibility index (Phi) is 4.07. The van der Waals surface area contributed by atoms with Crippen molar-refractivity contribution in [3.05, 3.63) is 53.3 Å². The van der Waals surface area contributed by atoms with Gasteiger partial charge in [0.05, 0.1) is 0 Å². The van der Waals surface area contributed by atoms with Crippen molar-refractivity contribution in [3.63, 3.8) is 0 Å². The average Bonchev–Trinajstić information content (AvgIpc) is 2.42. The molecule has 0 unspecified atom stereocenters. The highest BCUT2D eigenvalue weighted by molar-refractivity contribution is 7.87. The molecule has 19 heavy (non-hydrogen) atoms. The van der Waals surface area contributed by atoms with E-state index in [0.717, 1.165) is 5.56 Å². The molecule has 0 aliphatic carbocycles. The molecule has 0 amide bonds. The van der Waals surface area contributed by atoms with Crippen LogP contribution in [0.25, 0.3) is 0 Å². The summed E-state index contributed by atoms with van der Waals surface area (Å²) in [6, 6.07) is 7.73. The molecule has 1 aromatic carbocycles. The zero-order valence-electron chi connectivity index (χ0n) is 10.2. The zero-order chi connectivity index (χ0) is 13.9. The van der Waals surface area contributed by atoms with Gasteiger partial charge in [-0.15, -0.1) is 0 Å². The Morgan fingerprint density at radius 2 is 2.11 bits per heavy atom. The molecule has 0 fully saturated rings. The number of pyridine rings is 1. The maximum Gasteiger partial charge on any atom is 0.340 e. The van der Waals surface area contributed by atoms with Crippen molar-refractivity contribution in [1.29, 1.82) is 0 Å². The monoisotopic (exact) mass is 297 g/mol. The van der Waals surface area contributed by atoms with Gasteiger partial charge >= 0.3 is 10.1 Å². The van der Waals surface area contributed by atoms with Gasteiger partial charge in [-0.3, -0.25) is 4.98 Å². The van der Waals surface area contributed by atoms with Gasteiger partial charge in [0.15, 0.2) is 0 Å². The minimum absolute atomic E-state index is 0.0167. The SMILES string of the molecule is CCc1cc(OS(=O)(=O)c2cccnc2)ccc1Cl. The summed E-state index contributed by atoms with van der Waals surface area (Å²) in [6.07, 6.45) is 3.44. The molecule has 1 aromatic heterocycles. The van der Waals surface area contributed by atoms with E-state index in [-0.39, 0.29) is 10.6 Å². The van der Waals surface area contributed by atoms with Crippen molar-refractivity contribution in [1.82, 2.24) is 4.98 Å². The zero-order valence-corrected chi connectivity index (χ0v) is 11.8. The first-order chi connectivity index (χ1) is 9.03. The van der Waals surface area contributed by atoms with Crippen LogP contribution < -0.4 is 4.18 Å². The van der Waals surface area contributed by atoms with E-state index in [1.165, 1.54) is 30.6 Å². The number of aromatic nitrogens is 1. The fourth-order valence-corrected chi connectivity index (χ4v) is 2.68. The molecular weight excluding hydrogens is 286 g/mol. The molecule has 100 valence electrons. The smallest absolute Gasteiger partial charge is 0.340 e. The van der Waals surface area contributed by atoms with Crippen molar-refractivity contribution in [3.8, 4) is 5.75 Å². The number of hydrogen-bond donors (Lipinski definition) is 0. The first-order valence-corrected chi connectivity index (χ1v) is 7.44. The molecular formula is C13H12ClNO3S. The topological polar surface area (TPSA) is 56.3 Å². The van der Waals surface area contributed by atoms with Gasteiger partial charge in [0.25, 0.3) is 0 Å². The van der Waals surface area contributed by atoms with Gasteiger partial charge in [0.1, 0.15) is 10.6 Å². The van der Waals surface area contributed by atoms with Crippen LogP contribution in [-0.4, -0.2) is 13.4 Å². The fourth-order valence-electron chi connectivity index (χ4n) is 1.54. The number of aryl methyl sites for hydroxylation is 1. The molecule has 4 nitrogen and oxygen atoms in total. The second kappa shape index (κ2) is 5.59. The van der Waals surface area contributed by atoms with Gasteiger partial charge in [-0.1, -0.05) is 18.5 Å². The molecule has 6 heteroatoms. The number of halogens is 1. The lowest BCUT2D eigenvalue weighted by molar-refractivity contribution is 0.485. The van der Waals surface area contributed by atoms with Crippen LogP contribution in [-0.2, 0) is 16.5 Å². The third-order valence-electron chi connectivity index (χ3n) is 2.53. The normalized spacial score (nSPS) is 11.3. The van der Waals surface area contributed by atoms with Crippen molar-refractivity contribution in [2.75, 3.05) is 0 Å². The van der Waals surface area contributed by atoms with E-state index in [2.05, 4.69) is 4.98 Å². The molecule has 1 heterocycles. The van der Waals surface area contributed by atoms with Crippen molar-refractivity contribution < 1.29 is 12.6 Å². The van der Waals surface area contributed by atoms with E-state index < -0.39 is 10.1 Å². The van der Waals surface area contributed by atoms with Crippen LogP contribution in [0, 0.1) is 0 Å². The minimum Gasteiger partial charge on any atom is -0.379 e. The summed E-state index contributed by atoms with van der Waals surface area (Å²) in [5.41, 5.74) is 0.834. The third-order valence-corrected chi connectivity index (χ3v) is 4.13. The maximum atomic E-state index is 12.0. The van der Waals surface area contributed by atoms with Crippen LogP contribution in [0.5, 0.6) is 5.75 Å². The lowest BCUT2D eigenvalue weighted by atomic mass is 10.2. The summed E-state index contributed by atoms with van der Waals surface area (Å²) in [7, 11) is -3.86. The fraction of sp³-hybridized carbons (Fsp3) is 0.154. The Morgan fingerprint density at radius 3 is 2.74 bits per heavy atom. The number of rotatable bonds is 4. The summed E-state index contributed by atoms with van der Waals surface area (Å²) < 4.78 is 29.0. The molecule has 0 radical (unpaired) electrons. The summed E-state index contributed by atoms with van der Waals surface area (Å²) in [5, 5.41) is 0.591. The molecule has 0 bridgehead atoms. The van der Waals surface area contributed by atoms with E-state index in [9.17, 15) is 8.42 Å². The molecule has 0 aliphatic rings. The van der Waals surface area contributed by atoms with Gasteiger partial charge < -0.3 is 4.18 Å². The first kappa shape index (κ1) is 13.8. The van der Waals surface area contributed by atoms with Crippen LogP contribution in [0.4, 0.5) is 0 Å². The summed E-state index contributed by atoms with van der Waals surface area (Å²) in [6.45, 7) is 1.93. The van der Waals surface area contributed by atoms with Crippen LogP contribution in [0.2, 0.25) is 5.02 Å². The minimum atomic E-state index is -3.86. The second-order valence-corrected chi connectivity index (χ2v) is 5.79. The van der Waals surface area contributed by atoms with E-state index in [1.807, 2.05) is 6.92 Å². The molecule has 2 aromatic rings. The van der Waals surface area contributed by atoms with Crippen molar-refractivity contribution in [2.45, 2.75) is 18.2 Å². The van der Waals surface area contributed by atoms with Gasteiger partial charge in [-0.2, -0.15) is 8.42 Å². The maximum absolute atomic E-state index is 12.0. The summed E-state index contributed by atoms with van der Waals surface area (Å²) in [4.78, 5) is 3.78. The lowest BCUT2D eigenvalue weighted by Gasteiger charge is -2.08. The van der Waals surface area contributed by atoms with E-state index >= 15 is 0 Å². The van der Waals surface area contributed by atoms with Crippen molar-refractivity contribution in [2.24, 2.45) is 0 Å². The van der Waals surface area contributed by atoms with Gasteiger partial charge in [0, 0.05) is 17.4 Å². The van der Waals surface area contributed by atoms with Crippen LogP contribution in [0.1, 0.15) is 12.5 Å². The summed E-state index contributed by atoms with van der Waals surface area (Å²) >= 11 is 5.97. The molecule has 0 N–H and O–H groups in total. The molecule has 0 saturated carbocycles. The summed E-state index contributed by atoms with van der Waals surface area (Å²) in [5.74, 6) is 0.241. The predicted molar refractivity (Wildman–Crippen MR) is 72.9 cm³/mol. The Labute approximate surface area is 117 Å². The Hall–Kier alpha value is -1.59. The Bertz CT molecular complexity index is 672. The van der Waals surface area contributed by atoms with E-state index in [0.29, 0.717) is 11.4 Å². The van der Waals surface area contributed by atoms with Crippen LogP contribution in [0.15, 0.2) is 47.6 Å². The highest BCUT2D eigenvalue weighted by atomic mass is 35.5. The quantitative estimate of drug-likeness (QED) is 0.814. The standard InChI is InChI=1S/C13H12ClNO3S/c1-2-10-8-11(5-6-13(10)14)18-19(16,17)12-4-3-7-15-9-12/h3-9H,2H2,1H3. The lowest BCUT2D eigenvalue weighted by Crippen LogP contribution is -2.10. The van der Waals surface area contributed by atoms with E-state index in [1.54, 1.807) is 12.1 Å². The average molecular weight is 298 g/mol. The molecule has 0 aliphatic heterocycles. The van der Waals surface area contributed by atoms with Crippen LogP contribution in [0.3, 0.4) is 0 Å². The first-order valence-electron chi connectivity index (χ1n) is 5.66. The number of nitrogens with zero attached hydrogens (tertiary/aromatic N) is 1. The molecule has 2 rings (SSSR count). The van der Waals surface area contributed by atoms with E-state index in [4.69, 9.17) is 15.8 Å². The number of hydrogen-bond acceptors (Lipinski definition) is 4. The Morgan fingerprint density at radius 1 is 1.32 bits per heavy atom. The van der Waals surface area contributed by atoms with Gasteiger partial charge in [-0.05, 0) is 42.3 Å². The van der Waals surface area contributed by atoms with Gasteiger partial charge in [0.2, 0.25) is 0 Å².